The maximum absolute atomic E-state index is 2.28. The lowest BCUT2D eigenvalue weighted by Gasteiger charge is -2.15. The van der Waals surface area contributed by atoms with Gasteiger partial charge in [0, 0.05) is 0 Å². The normalized spacial score (nSPS) is 10.5. The van der Waals surface area contributed by atoms with Crippen molar-refractivity contribution in [1.82, 2.24) is 0 Å². The highest BCUT2D eigenvalue weighted by atomic mass is 14.2. The molecule has 0 saturated heterocycles. The Hall–Kier alpha value is -12.5. The third-order valence-electron chi connectivity index (χ3n) is 21.3. The van der Waals surface area contributed by atoms with Crippen LogP contribution in [0.1, 0.15) is 103 Å². The molecule has 0 fully saturated rings. The van der Waals surface area contributed by atoms with Gasteiger partial charge < -0.3 is 0 Å². The number of hydrogen-bond donors (Lipinski definition) is 0. The molecule has 0 N–H and O–H groups in total. The van der Waals surface area contributed by atoms with Crippen LogP contribution in [-0.4, -0.2) is 0 Å². The number of hydrogen-bond acceptors (Lipinski definition) is 0. The molecule has 0 saturated carbocycles. The standard InChI is InChI=1S/C21H14.C20H18.C16H10.C16H14.C14H14.C12H12.C8H10.3C2H6/c1-13-11-12-19-17-9-3-6-14-5-2-8-16(20(14)17)18-10-4-7-15(13)21(18)19;1-15-3-7-17(8-4-15)19-11-13-20(14-12-19)18-9-5-16(2)6-10-18;1-3-11-7-9-13-5-2-6-14-10-8-12(4-1)15(11)16(13)14;1-11-13-7-3-5-9-15(13)12(2)16-10-6-4-8-14(11)16;1-11-3-7-13(8-4-11)14-9-5-12(2)6-10-14;1-9-7-8-10(2)12-6-4-3-5-11(9)12;1-7-3-5-8(2)6-4-7;3*1-2/h2-12H,1H3;3-14H,1-2H3;1-10H;3-10H,1-2H3;3-10H,1-2H3;3-8H,1-2H3;3-6H,1-2H3;3*1-2H3. The lowest BCUT2D eigenvalue weighted by molar-refractivity contribution is 1.40. The van der Waals surface area contributed by atoms with Crippen LogP contribution in [-0.2, 0) is 0 Å². The van der Waals surface area contributed by atoms with Crippen LogP contribution in [0.4, 0.5) is 0 Å². The Morgan fingerprint density at radius 3 is 0.602 bits per heavy atom. The largest absolute Gasteiger partial charge is 0.0683 e. The van der Waals surface area contributed by atoms with Gasteiger partial charge in [-0.3, -0.25) is 0 Å². The van der Waals surface area contributed by atoms with Crippen molar-refractivity contribution in [2.75, 3.05) is 0 Å². The highest BCUT2D eigenvalue weighted by Gasteiger charge is 2.14. The summed E-state index contributed by atoms with van der Waals surface area (Å²) < 4.78 is 0. The minimum atomic E-state index is 1.26. The van der Waals surface area contributed by atoms with Gasteiger partial charge in [0.1, 0.15) is 0 Å². The summed E-state index contributed by atoms with van der Waals surface area (Å²) in [6.07, 6.45) is 0. The molecule has 20 aromatic carbocycles. The first-order chi connectivity index (χ1) is 55.1. The van der Waals surface area contributed by atoms with Crippen LogP contribution < -0.4 is 0 Å². The second kappa shape index (κ2) is 38.9. The van der Waals surface area contributed by atoms with Crippen LogP contribution in [0.2, 0.25) is 0 Å². The van der Waals surface area contributed by atoms with Gasteiger partial charge in [-0.15, -0.1) is 0 Å². The third-order valence-corrected chi connectivity index (χ3v) is 21.3. The molecule has 20 rings (SSSR count). The summed E-state index contributed by atoms with van der Waals surface area (Å²) in [6.45, 7) is 35.6. The summed E-state index contributed by atoms with van der Waals surface area (Å²) >= 11 is 0. The molecule has 0 spiro atoms. The van der Waals surface area contributed by atoms with Crippen LogP contribution in [0.25, 0.3) is 141 Å². The predicted octanol–water partition coefficient (Wildman–Crippen LogP) is 33.7. The molecule has 0 unspecified atom stereocenters. The zero-order valence-corrected chi connectivity index (χ0v) is 69.6. The summed E-state index contributed by atoms with van der Waals surface area (Å²) in [5.74, 6) is 0. The minimum absolute atomic E-state index is 1.26. The molecule has 562 valence electrons. The molecule has 20 aromatic rings. The molecule has 113 heavy (non-hydrogen) atoms. The van der Waals surface area contributed by atoms with Gasteiger partial charge in [-0.05, 0) is 245 Å². The van der Waals surface area contributed by atoms with E-state index in [0.717, 1.165) is 0 Å². The van der Waals surface area contributed by atoms with Crippen molar-refractivity contribution in [2.24, 2.45) is 0 Å². The predicted molar refractivity (Wildman–Crippen MR) is 505 cm³/mol. The van der Waals surface area contributed by atoms with Gasteiger partial charge in [0.25, 0.3) is 0 Å². The van der Waals surface area contributed by atoms with Crippen molar-refractivity contribution >= 4 is 108 Å². The number of rotatable bonds is 3. The molecule has 0 aliphatic rings. The second-order valence-corrected chi connectivity index (χ2v) is 28.9. The van der Waals surface area contributed by atoms with E-state index in [0.29, 0.717) is 0 Å². The van der Waals surface area contributed by atoms with E-state index in [1.54, 1.807) is 0 Å². The van der Waals surface area contributed by atoms with Crippen LogP contribution in [0.15, 0.2) is 358 Å². The van der Waals surface area contributed by atoms with E-state index in [-0.39, 0.29) is 0 Å². The molecule has 0 bridgehead atoms. The highest BCUT2D eigenvalue weighted by Crippen LogP contribution is 2.42. The number of benzene rings is 20. The quantitative estimate of drug-likeness (QED) is 0.122. The van der Waals surface area contributed by atoms with Crippen LogP contribution >= 0.6 is 0 Å². The van der Waals surface area contributed by atoms with Crippen molar-refractivity contribution in [3.63, 3.8) is 0 Å². The fourth-order valence-electron chi connectivity index (χ4n) is 15.1. The summed E-state index contributed by atoms with van der Waals surface area (Å²) in [7, 11) is 0. The Bertz CT molecular complexity index is 5950. The van der Waals surface area contributed by atoms with Crippen molar-refractivity contribution in [3.05, 3.63) is 419 Å². The molecule has 0 nitrogen and oxygen atoms in total. The van der Waals surface area contributed by atoms with E-state index in [1.165, 1.54) is 202 Å². The minimum Gasteiger partial charge on any atom is -0.0683 e. The van der Waals surface area contributed by atoms with E-state index in [9.17, 15) is 0 Å². The molecular weight excluding hydrogens is 1360 g/mol. The Kier molecular flexibility index (Phi) is 28.1. The fourth-order valence-corrected chi connectivity index (χ4v) is 15.1. The van der Waals surface area contributed by atoms with E-state index in [4.69, 9.17) is 0 Å². The summed E-state index contributed by atoms with van der Waals surface area (Å²) in [5, 5.41) is 27.4. The summed E-state index contributed by atoms with van der Waals surface area (Å²) in [4.78, 5) is 0. The monoisotopic (exact) mass is 1470 g/mol. The summed E-state index contributed by atoms with van der Waals surface area (Å²) in [5.41, 5.74) is 22.3. The molecule has 0 radical (unpaired) electrons. The Labute approximate surface area is 673 Å². The zero-order valence-electron chi connectivity index (χ0n) is 69.6. The Morgan fingerprint density at radius 2 is 0.310 bits per heavy atom. The molecule has 0 heteroatoms. The fraction of sp³-hybridized carbons (Fsp3) is 0.150. The molecular formula is C113H110. The van der Waals surface area contributed by atoms with E-state index >= 15 is 0 Å². The molecule has 0 aliphatic heterocycles. The van der Waals surface area contributed by atoms with Gasteiger partial charge in [0.15, 0.2) is 0 Å². The molecule has 0 amide bonds. The second-order valence-electron chi connectivity index (χ2n) is 28.9. The lowest BCUT2D eigenvalue weighted by Crippen LogP contribution is -1.87. The molecule has 0 heterocycles. The first-order valence-corrected chi connectivity index (χ1v) is 40.5. The highest BCUT2D eigenvalue weighted by molar-refractivity contribution is 6.33. The third kappa shape index (κ3) is 19.1. The van der Waals surface area contributed by atoms with Gasteiger partial charge in [-0.1, -0.05) is 433 Å². The van der Waals surface area contributed by atoms with Crippen LogP contribution in [0.3, 0.4) is 0 Å². The maximum atomic E-state index is 2.28. The summed E-state index contributed by atoms with van der Waals surface area (Å²) in [6, 6.07) is 128. The van der Waals surface area contributed by atoms with Gasteiger partial charge in [-0.2, -0.15) is 0 Å². The average Bonchev–Trinajstić information content (AvgIpc) is 0.724. The Morgan fingerprint density at radius 1 is 0.124 bits per heavy atom. The smallest absolute Gasteiger partial charge is 0.00237 e. The zero-order chi connectivity index (χ0) is 80.1. The number of fused-ring (bicyclic) bond motifs is 5. The van der Waals surface area contributed by atoms with Crippen molar-refractivity contribution < 1.29 is 0 Å². The van der Waals surface area contributed by atoms with E-state index in [1.807, 2.05) is 41.5 Å². The molecule has 0 aromatic heterocycles. The maximum Gasteiger partial charge on any atom is -0.00237 e. The Balaban J connectivity index is 0.000000131. The van der Waals surface area contributed by atoms with Crippen LogP contribution in [0.5, 0.6) is 0 Å². The SMILES string of the molecule is CC.CC.CC.Cc1c2ccccc2c(C)c2ccccc12.Cc1ccc(-c2ccc(-c3ccc(C)cc3)cc2)cc1.Cc1ccc(-c2ccc(C)cc2)cc1.Cc1ccc(C)c2ccccc12.Cc1ccc(C)cc1.Cc1ccc2c3cccc4cccc(c5cccc1c52)c43.c1cc2ccc3cccc4ccc(c1)c2c34. The first kappa shape index (κ1) is 81.5. The lowest BCUT2D eigenvalue weighted by atomic mass is 9.89. The van der Waals surface area contributed by atoms with Crippen molar-refractivity contribution in [3.8, 4) is 33.4 Å². The topological polar surface area (TPSA) is 0 Å². The first-order valence-electron chi connectivity index (χ1n) is 40.5. The van der Waals surface area contributed by atoms with Crippen LogP contribution in [0, 0.1) is 76.2 Å². The molecule has 0 aliphatic carbocycles. The van der Waals surface area contributed by atoms with Crippen molar-refractivity contribution in [1.29, 1.82) is 0 Å². The van der Waals surface area contributed by atoms with Gasteiger partial charge in [0.05, 0.1) is 0 Å². The van der Waals surface area contributed by atoms with E-state index < -0.39 is 0 Å². The van der Waals surface area contributed by atoms with Gasteiger partial charge in [0.2, 0.25) is 0 Å². The van der Waals surface area contributed by atoms with Crippen molar-refractivity contribution in [2.45, 2.75) is 118 Å². The van der Waals surface area contributed by atoms with Gasteiger partial charge in [-0.25, -0.2) is 0 Å². The van der Waals surface area contributed by atoms with Gasteiger partial charge >= 0.3 is 0 Å². The number of aryl methyl sites for hydroxylation is 11. The molecule has 0 atom stereocenters. The average molecular weight is 1470 g/mol. The van der Waals surface area contributed by atoms with E-state index in [2.05, 4.69) is 434 Å².